The van der Waals surface area contributed by atoms with Gasteiger partial charge in [0, 0.05) is 13.2 Å². The molecule has 0 spiro atoms. The molecule has 2 atom stereocenters. The van der Waals surface area contributed by atoms with E-state index >= 15 is 0 Å². The van der Waals surface area contributed by atoms with Crippen LogP contribution in [0.2, 0.25) is 0 Å². The normalized spacial score (nSPS) is 19.0. The molecule has 0 unspecified atom stereocenters. The SMILES string of the molecule is COC[C@H](N[C@@H]1CCc2ccc(F)cc21)c1ccco1. The lowest BCUT2D eigenvalue weighted by Gasteiger charge is -2.21. The van der Waals surface area contributed by atoms with Gasteiger partial charge in [0.15, 0.2) is 0 Å². The van der Waals surface area contributed by atoms with Gasteiger partial charge in [-0.05, 0) is 48.2 Å². The Kier molecular flexibility index (Phi) is 3.85. The molecule has 1 aromatic heterocycles. The molecule has 0 radical (unpaired) electrons. The van der Waals surface area contributed by atoms with Crippen LogP contribution in [-0.4, -0.2) is 13.7 Å². The second kappa shape index (κ2) is 5.77. The first-order valence-corrected chi connectivity index (χ1v) is 6.84. The Bertz CT molecular complexity index is 568. The summed E-state index contributed by atoms with van der Waals surface area (Å²) in [5.41, 5.74) is 2.28. The van der Waals surface area contributed by atoms with Crippen LogP contribution in [0.25, 0.3) is 0 Å². The third-order valence-electron chi connectivity index (χ3n) is 3.81. The minimum atomic E-state index is -0.182. The lowest BCUT2D eigenvalue weighted by Crippen LogP contribution is -2.28. The number of furan rings is 1. The zero-order valence-corrected chi connectivity index (χ0v) is 11.4. The Hall–Kier alpha value is -1.65. The summed E-state index contributed by atoms with van der Waals surface area (Å²) in [4.78, 5) is 0. The van der Waals surface area contributed by atoms with Crippen molar-refractivity contribution in [1.29, 1.82) is 0 Å². The average Bonchev–Trinajstić information content (AvgIpc) is 3.08. The molecule has 0 fully saturated rings. The maximum atomic E-state index is 13.4. The van der Waals surface area contributed by atoms with Gasteiger partial charge in [-0.2, -0.15) is 0 Å². The first-order chi connectivity index (χ1) is 9.78. The molecule has 1 heterocycles. The molecule has 106 valence electrons. The number of fused-ring (bicyclic) bond motifs is 1. The fourth-order valence-electron chi connectivity index (χ4n) is 2.86. The number of halogens is 1. The smallest absolute Gasteiger partial charge is 0.123 e. The Morgan fingerprint density at radius 1 is 1.45 bits per heavy atom. The summed E-state index contributed by atoms with van der Waals surface area (Å²) >= 11 is 0. The topological polar surface area (TPSA) is 34.4 Å². The van der Waals surface area contributed by atoms with Crippen LogP contribution < -0.4 is 5.32 Å². The summed E-state index contributed by atoms with van der Waals surface area (Å²) in [7, 11) is 1.67. The molecule has 0 saturated carbocycles. The number of hydrogen-bond acceptors (Lipinski definition) is 3. The van der Waals surface area contributed by atoms with Crippen LogP contribution in [0.4, 0.5) is 4.39 Å². The molecule has 0 aliphatic heterocycles. The number of ether oxygens (including phenoxy) is 1. The van der Waals surface area contributed by atoms with E-state index in [1.807, 2.05) is 18.2 Å². The zero-order chi connectivity index (χ0) is 13.9. The fourth-order valence-corrected chi connectivity index (χ4v) is 2.86. The summed E-state index contributed by atoms with van der Waals surface area (Å²) in [6.45, 7) is 0.522. The van der Waals surface area contributed by atoms with Gasteiger partial charge in [0.1, 0.15) is 11.6 Å². The lowest BCUT2D eigenvalue weighted by molar-refractivity contribution is 0.150. The van der Waals surface area contributed by atoms with Crippen LogP contribution in [0.5, 0.6) is 0 Å². The van der Waals surface area contributed by atoms with E-state index in [9.17, 15) is 4.39 Å². The zero-order valence-electron chi connectivity index (χ0n) is 11.4. The van der Waals surface area contributed by atoms with E-state index in [2.05, 4.69) is 5.32 Å². The molecule has 3 rings (SSSR count). The van der Waals surface area contributed by atoms with E-state index in [1.165, 1.54) is 11.6 Å². The first kappa shape index (κ1) is 13.3. The van der Waals surface area contributed by atoms with Gasteiger partial charge in [0.05, 0.1) is 18.9 Å². The number of aryl methyl sites for hydroxylation is 1. The molecular formula is C16H18FNO2. The highest BCUT2D eigenvalue weighted by Crippen LogP contribution is 2.33. The Morgan fingerprint density at radius 2 is 2.35 bits per heavy atom. The molecular weight excluding hydrogens is 257 g/mol. The minimum Gasteiger partial charge on any atom is -0.468 e. The molecule has 4 heteroatoms. The van der Waals surface area contributed by atoms with Crippen LogP contribution in [0.3, 0.4) is 0 Å². The third kappa shape index (κ3) is 2.62. The molecule has 20 heavy (non-hydrogen) atoms. The molecule has 3 nitrogen and oxygen atoms in total. The van der Waals surface area contributed by atoms with E-state index in [-0.39, 0.29) is 17.9 Å². The molecule has 1 aliphatic carbocycles. The van der Waals surface area contributed by atoms with Gasteiger partial charge >= 0.3 is 0 Å². The first-order valence-electron chi connectivity index (χ1n) is 6.84. The van der Waals surface area contributed by atoms with E-state index in [0.717, 1.165) is 24.2 Å². The third-order valence-corrected chi connectivity index (χ3v) is 3.81. The number of rotatable bonds is 5. The molecule has 0 bridgehead atoms. The standard InChI is InChI=1S/C16H18FNO2/c1-19-10-15(16-3-2-8-20-16)18-14-7-5-11-4-6-12(17)9-13(11)14/h2-4,6,8-9,14-15,18H,5,7,10H2,1H3/t14-,15+/m1/s1. The van der Waals surface area contributed by atoms with Crippen LogP contribution >= 0.6 is 0 Å². The van der Waals surface area contributed by atoms with Crippen molar-refractivity contribution in [3.63, 3.8) is 0 Å². The van der Waals surface area contributed by atoms with Crippen LogP contribution in [0.15, 0.2) is 41.0 Å². The molecule has 1 aromatic carbocycles. The van der Waals surface area contributed by atoms with Gasteiger partial charge in [0.25, 0.3) is 0 Å². The summed E-state index contributed by atoms with van der Waals surface area (Å²) in [6.07, 6.45) is 3.60. The monoisotopic (exact) mass is 275 g/mol. The van der Waals surface area contributed by atoms with Crippen molar-refractivity contribution in [2.45, 2.75) is 24.9 Å². The van der Waals surface area contributed by atoms with Gasteiger partial charge < -0.3 is 9.15 Å². The predicted octanol–water partition coefficient (Wildman–Crippen LogP) is 3.38. The summed E-state index contributed by atoms with van der Waals surface area (Å²) in [5.74, 6) is 0.662. The minimum absolute atomic E-state index is 0.0192. The van der Waals surface area contributed by atoms with Gasteiger partial charge in [-0.1, -0.05) is 6.07 Å². The molecule has 2 aromatic rings. The van der Waals surface area contributed by atoms with Crippen molar-refractivity contribution < 1.29 is 13.5 Å². The highest BCUT2D eigenvalue weighted by Gasteiger charge is 2.26. The lowest BCUT2D eigenvalue weighted by atomic mass is 10.1. The highest BCUT2D eigenvalue weighted by atomic mass is 19.1. The highest BCUT2D eigenvalue weighted by molar-refractivity contribution is 5.35. The number of methoxy groups -OCH3 is 1. The van der Waals surface area contributed by atoms with Gasteiger partial charge in [-0.25, -0.2) is 4.39 Å². The number of hydrogen-bond donors (Lipinski definition) is 1. The maximum absolute atomic E-state index is 13.4. The van der Waals surface area contributed by atoms with Crippen molar-refractivity contribution in [2.24, 2.45) is 0 Å². The van der Waals surface area contributed by atoms with Crippen molar-refractivity contribution in [3.8, 4) is 0 Å². The predicted molar refractivity (Wildman–Crippen MR) is 73.9 cm³/mol. The molecule has 0 saturated heterocycles. The Labute approximate surface area is 117 Å². The van der Waals surface area contributed by atoms with E-state index < -0.39 is 0 Å². The Morgan fingerprint density at radius 3 is 3.10 bits per heavy atom. The maximum Gasteiger partial charge on any atom is 0.123 e. The van der Waals surface area contributed by atoms with Crippen LogP contribution in [0, 0.1) is 5.82 Å². The van der Waals surface area contributed by atoms with E-state index in [0.29, 0.717) is 6.61 Å². The number of nitrogens with one attached hydrogen (secondary N) is 1. The molecule has 1 N–H and O–H groups in total. The average molecular weight is 275 g/mol. The molecule has 0 amide bonds. The van der Waals surface area contributed by atoms with Gasteiger partial charge in [-0.3, -0.25) is 5.32 Å². The summed E-state index contributed by atoms with van der Waals surface area (Å²) < 4.78 is 24.1. The fraction of sp³-hybridized carbons (Fsp3) is 0.375. The van der Waals surface area contributed by atoms with Crippen LogP contribution in [0.1, 0.15) is 35.4 Å². The van der Waals surface area contributed by atoms with E-state index in [4.69, 9.17) is 9.15 Å². The van der Waals surface area contributed by atoms with Gasteiger partial charge in [0.2, 0.25) is 0 Å². The van der Waals surface area contributed by atoms with Crippen molar-refractivity contribution in [2.75, 3.05) is 13.7 Å². The second-order valence-electron chi connectivity index (χ2n) is 5.12. The number of benzene rings is 1. The summed E-state index contributed by atoms with van der Waals surface area (Å²) in [6, 6.07) is 8.96. The largest absolute Gasteiger partial charge is 0.468 e. The summed E-state index contributed by atoms with van der Waals surface area (Å²) in [5, 5.41) is 3.52. The van der Waals surface area contributed by atoms with Crippen molar-refractivity contribution >= 4 is 0 Å². The van der Waals surface area contributed by atoms with Gasteiger partial charge in [-0.15, -0.1) is 0 Å². The quantitative estimate of drug-likeness (QED) is 0.908. The van der Waals surface area contributed by atoms with Crippen molar-refractivity contribution in [3.05, 3.63) is 59.3 Å². The van der Waals surface area contributed by atoms with E-state index in [1.54, 1.807) is 19.4 Å². The second-order valence-corrected chi connectivity index (χ2v) is 5.12. The Balaban J connectivity index is 1.79. The van der Waals surface area contributed by atoms with Crippen LogP contribution in [-0.2, 0) is 11.2 Å². The van der Waals surface area contributed by atoms with Crippen molar-refractivity contribution in [1.82, 2.24) is 5.32 Å². The molecule has 1 aliphatic rings.